The maximum absolute atomic E-state index is 11.7. The Hall–Kier alpha value is -1.45. The molecule has 0 aromatic carbocycles. The second kappa shape index (κ2) is 10.5. The second-order valence-electron chi connectivity index (χ2n) is 8.83. The highest BCUT2D eigenvalue weighted by Crippen LogP contribution is 2.51. The van der Waals surface area contributed by atoms with Gasteiger partial charge in [-0.05, 0) is 24.4 Å². The van der Waals surface area contributed by atoms with Gasteiger partial charge < -0.3 is 45.0 Å². The number of aliphatic hydroxyl groups excluding tert-OH is 4. The van der Waals surface area contributed by atoms with E-state index in [1.165, 1.54) is 10.9 Å². The summed E-state index contributed by atoms with van der Waals surface area (Å²) < 4.78 is 23.8. The molecule has 2 fully saturated rings. The molecule has 0 spiro atoms. The third kappa shape index (κ3) is 5.18. The lowest BCUT2D eigenvalue weighted by Gasteiger charge is -2.39. The van der Waals surface area contributed by atoms with Crippen LogP contribution in [-0.2, 0) is 14.0 Å². The Balaban J connectivity index is 1.51. The molecule has 7 N–H and O–H groups in total. The quantitative estimate of drug-likeness (QED) is 0.157. The predicted molar refractivity (Wildman–Crippen MR) is 122 cm³/mol. The highest BCUT2D eigenvalue weighted by molar-refractivity contribution is 7.53. The first-order valence-electron chi connectivity index (χ1n) is 11.2. The van der Waals surface area contributed by atoms with E-state index < -0.39 is 57.1 Å². The van der Waals surface area contributed by atoms with Gasteiger partial charge in [0.2, 0.25) is 10.6 Å². The predicted octanol–water partition coefficient (Wildman–Crippen LogP) is -0.629. The van der Waals surface area contributed by atoms with Crippen molar-refractivity contribution in [1.82, 2.24) is 19.7 Å². The molecule has 196 valence electrons. The van der Waals surface area contributed by atoms with Crippen molar-refractivity contribution in [3.05, 3.63) is 11.5 Å². The van der Waals surface area contributed by atoms with Gasteiger partial charge in [-0.15, -0.1) is 0 Å². The van der Waals surface area contributed by atoms with Crippen molar-refractivity contribution < 1.29 is 44.3 Å². The Morgan fingerprint density at radius 2 is 1.89 bits per heavy atom. The molecular weight excluding hydrogens is 509 g/mol. The minimum atomic E-state index is -5.08. The Morgan fingerprint density at radius 3 is 2.51 bits per heavy atom. The Morgan fingerprint density at radius 1 is 1.20 bits per heavy atom. The summed E-state index contributed by atoms with van der Waals surface area (Å²) >= 11 is 6.15. The van der Waals surface area contributed by atoms with Crippen molar-refractivity contribution >= 4 is 36.0 Å². The normalized spacial score (nSPS) is 26.5. The average Bonchev–Trinajstić information content (AvgIpc) is 3.47. The van der Waals surface area contributed by atoms with Gasteiger partial charge in [-0.25, -0.2) is 4.68 Å². The molecule has 2 aliphatic rings. The molecule has 0 bridgehead atoms. The summed E-state index contributed by atoms with van der Waals surface area (Å²) in [5.41, 5.74) is 0.334. The summed E-state index contributed by atoms with van der Waals surface area (Å²) in [6.07, 6.45) is 1.63. The fraction of sp³-hybridized carbons (Fsp3) is 0.737. The van der Waals surface area contributed by atoms with Gasteiger partial charge in [0.05, 0.1) is 38.0 Å². The topological polar surface area (TPSA) is 213 Å². The third-order valence-electron chi connectivity index (χ3n) is 6.58. The first-order valence-corrected chi connectivity index (χ1v) is 13.2. The van der Waals surface area contributed by atoms with E-state index in [4.69, 9.17) is 21.1 Å². The van der Waals surface area contributed by atoms with E-state index in [0.717, 1.165) is 25.7 Å². The molecule has 14 nitrogen and oxygen atoms in total. The van der Waals surface area contributed by atoms with E-state index in [0.29, 0.717) is 16.9 Å². The Bertz CT molecular complexity index is 1070. The summed E-state index contributed by atoms with van der Waals surface area (Å²) in [5.74, 6) is 0.526. The van der Waals surface area contributed by atoms with E-state index in [-0.39, 0.29) is 17.9 Å². The zero-order valence-corrected chi connectivity index (χ0v) is 20.3. The van der Waals surface area contributed by atoms with Gasteiger partial charge in [-0.3, -0.25) is 4.57 Å². The van der Waals surface area contributed by atoms with Gasteiger partial charge in [0, 0.05) is 6.04 Å². The van der Waals surface area contributed by atoms with Crippen molar-refractivity contribution in [2.75, 3.05) is 31.7 Å². The SMILES string of the molecule is O=P(O)(O)C(CO)(CO)OC[C@H]1OC[C@@H](n2ncc3c(NC4CCCC4)nc(Cl)nc32)[C@H](O)[C@@H]1O. The number of nitrogens with one attached hydrogen (secondary N) is 1. The summed E-state index contributed by atoms with van der Waals surface area (Å²) in [5, 5.41) is 45.9. The molecule has 2 aromatic heterocycles. The van der Waals surface area contributed by atoms with Crippen LogP contribution in [0.5, 0.6) is 0 Å². The number of hydrogen-bond donors (Lipinski definition) is 7. The molecule has 35 heavy (non-hydrogen) atoms. The minimum Gasteiger partial charge on any atom is -0.393 e. The second-order valence-corrected chi connectivity index (χ2v) is 11.1. The smallest absolute Gasteiger partial charge is 0.361 e. The van der Waals surface area contributed by atoms with Crippen molar-refractivity contribution in [3.63, 3.8) is 0 Å². The van der Waals surface area contributed by atoms with Crippen LogP contribution in [0, 0.1) is 0 Å². The fourth-order valence-corrected chi connectivity index (χ4v) is 5.17. The fourth-order valence-electron chi connectivity index (χ4n) is 4.39. The zero-order chi connectivity index (χ0) is 25.4. The minimum absolute atomic E-state index is 0.0143. The van der Waals surface area contributed by atoms with Crippen LogP contribution in [0.4, 0.5) is 5.82 Å². The van der Waals surface area contributed by atoms with Gasteiger partial charge in [0.25, 0.3) is 0 Å². The Kier molecular flexibility index (Phi) is 7.98. The lowest BCUT2D eigenvalue weighted by molar-refractivity contribution is -0.191. The number of aromatic nitrogens is 4. The molecule has 0 radical (unpaired) electrons. The van der Waals surface area contributed by atoms with Crippen LogP contribution < -0.4 is 5.32 Å². The van der Waals surface area contributed by atoms with Crippen LogP contribution in [0.15, 0.2) is 6.20 Å². The molecule has 1 aliphatic carbocycles. The Labute approximate surface area is 205 Å². The van der Waals surface area contributed by atoms with Gasteiger partial charge >= 0.3 is 7.60 Å². The summed E-state index contributed by atoms with van der Waals surface area (Å²) in [6, 6.07) is -0.608. The molecule has 0 unspecified atom stereocenters. The summed E-state index contributed by atoms with van der Waals surface area (Å²) in [7, 11) is -5.08. The van der Waals surface area contributed by atoms with Crippen LogP contribution >= 0.6 is 19.2 Å². The molecule has 4 rings (SSSR count). The number of aliphatic hydroxyl groups is 4. The van der Waals surface area contributed by atoms with E-state index >= 15 is 0 Å². The van der Waals surface area contributed by atoms with E-state index in [1.807, 2.05) is 0 Å². The molecule has 1 saturated heterocycles. The highest BCUT2D eigenvalue weighted by atomic mass is 35.5. The van der Waals surface area contributed by atoms with Crippen molar-refractivity contribution in [1.29, 1.82) is 0 Å². The average molecular weight is 538 g/mol. The van der Waals surface area contributed by atoms with Crippen LogP contribution in [0.3, 0.4) is 0 Å². The molecule has 3 heterocycles. The molecule has 0 amide bonds. The first-order chi connectivity index (χ1) is 16.6. The molecule has 2 aromatic rings. The third-order valence-corrected chi connectivity index (χ3v) is 8.23. The maximum Gasteiger partial charge on any atom is 0.361 e. The molecule has 4 atom stereocenters. The number of fused-ring (bicyclic) bond motifs is 1. The number of ether oxygens (including phenoxy) is 2. The molecular formula is C19H29ClN5O9P. The number of hydrogen-bond acceptors (Lipinski definition) is 11. The number of nitrogens with zero attached hydrogens (tertiary/aromatic N) is 4. The summed E-state index contributed by atoms with van der Waals surface area (Å²) in [4.78, 5) is 27.4. The number of rotatable bonds is 9. The zero-order valence-electron chi connectivity index (χ0n) is 18.6. The van der Waals surface area contributed by atoms with Crippen LogP contribution in [0.2, 0.25) is 5.28 Å². The standard InChI is InChI=1S/C19H29ClN5O9P/c20-18-23-16(22-10-3-1-2-4-10)11-5-21-25(17(11)24-18)12-6-33-13(15(29)14(12)28)7-34-19(8-26,9-27)35(30,31)32/h5,10,12-15,26-29H,1-4,6-9H2,(H,22,23,24)(H2,30,31,32)/t12-,13-,14+,15-/m1/s1. The van der Waals surface area contributed by atoms with E-state index in [2.05, 4.69) is 20.4 Å². The lowest BCUT2D eigenvalue weighted by atomic mass is 9.98. The molecule has 1 saturated carbocycles. The first kappa shape index (κ1) is 26.6. The largest absolute Gasteiger partial charge is 0.393 e. The molecule has 16 heteroatoms. The highest BCUT2D eigenvalue weighted by Gasteiger charge is 2.49. The van der Waals surface area contributed by atoms with Crippen molar-refractivity contribution in [3.8, 4) is 0 Å². The van der Waals surface area contributed by atoms with Crippen LogP contribution in [0.1, 0.15) is 31.7 Å². The van der Waals surface area contributed by atoms with Gasteiger partial charge in [-0.1, -0.05) is 12.8 Å². The lowest BCUT2D eigenvalue weighted by Crippen LogP contribution is -2.54. The van der Waals surface area contributed by atoms with Crippen LogP contribution in [0.25, 0.3) is 11.0 Å². The van der Waals surface area contributed by atoms with E-state index in [9.17, 15) is 34.8 Å². The van der Waals surface area contributed by atoms with E-state index in [1.54, 1.807) is 0 Å². The van der Waals surface area contributed by atoms with Crippen LogP contribution in [-0.4, -0.2) is 106 Å². The van der Waals surface area contributed by atoms with Gasteiger partial charge in [0.15, 0.2) is 5.65 Å². The number of anilines is 1. The molecule has 1 aliphatic heterocycles. The van der Waals surface area contributed by atoms with Gasteiger partial charge in [-0.2, -0.15) is 15.1 Å². The number of halogens is 1. The van der Waals surface area contributed by atoms with Crippen molar-refractivity contribution in [2.24, 2.45) is 0 Å². The maximum atomic E-state index is 11.7. The van der Waals surface area contributed by atoms with Crippen molar-refractivity contribution in [2.45, 2.75) is 61.4 Å². The van der Waals surface area contributed by atoms with Gasteiger partial charge in [0.1, 0.15) is 30.2 Å². The summed E-state index contributed by atoms with van der Waals surface area (Å²) in [6.45, 7) is -3.10. The monoisotopic (exact) mass is 537 g/mol.